The first kappa shape index (κ1) is 12.8. The Balaban J connectivity index is 2.03. The van der Waals surface area contributed by atoms with Gasteiger partial charge in [-0.05, 0) is 18.3 Å². The number of carbonyl (C=O) groups excluding carboxylic acids is 1. The molecule has 0 radical (unpaired) electrons. The fraction of sp³-hybridized carbons (Fsp3) is 0.923. The van der Waals surface area contributed by atoms with Gasteiger partial charge >= 0.3 is 0 Å². The molecule has 1 aliphatic heterocycles. The van der Waals surface area contributed by atoms with Gasteiger partial charge in [-0.3, -0.25) is 4.79 Å². The molecular formula is C13H24N2O2. The van der Waals surface area contributed by atoms with Crippen molar-refractivity contribution in [3.8, 4) is 0 Å². The second kappa shape index (κ2) is 5.36. The van der Waals surface area contributed by atoms with Crippen LogP contribution >= 0.6 is 0 Å². The van der Waals surface area contributed by atoms with Gasteiger partial charge in [-0.2, -0.15) is 0 Å². The molecule has 0 bridgehead atoms. The van der Waals surface area contributed by atoms with E-state index in [0.717, 1.165) is 19.7 Å². The number of amides is 1. The highest BCUT2D eigenvalue weighted by atomic mass is 16.5. The molecule has 98 valence electrons. The third-order valence-electron chi connectivity index (χ3n) is 4.49. The zero-order valence-corrected chi connectivity index (χ0v) is 10.8. The molecule has 0 aromatic heterocycles. The monoisotopic (exact) mass is 240 g/mol. The molecule has 2 aliphatic rings. The van der Waals surface area contributed by atoms with E-state index in [1.54, 1.807) is 7.11 Å². The van der Waals surface area contributed by atoms with Gasteiger partial charge in [0.25, 0.3) is 0 Å². The zero-order valence-electron chi connectivity index (χ0n) is 10.8. The summed E-state index contributed by atoms with van der Waals surface area (Å²) in [6.07, 6.45) is 5.61. The molecule has 1 amide bonds. The number of likely N-dealkylation sites (tertiary alicyclic amines) is 1. The van der Waals surface area contributed by atoms with Gasteiger partial charge in [-0.1, -0.05) is 12.8 Å². The van der Waals surface area contributed by atoms with Gasteiger partial charge in [-0.15, -0.1) is 0 Å². The summed E-state index contributed by atoms with van der Waals surface area (Å²) in [6, 6.07) is 0. The summed E-state index contributed by atoms with van der Waals surface area (Å²) in [4.78, 5) is 14.0. The molecule has 2 N–H and O–H groups in total. The molecule has 1 atom stereocenters. The quantitative estimate of drug-likeness (QED) is 0.797. The van der Waals surface area contributed by atoms with E-state index in [1.807, 2.05) is 4.90 Å². The first-order valence-electron chi connectivity index (χ1n) is 6.68. The lowest BCUT2D eigenvalue weighted by atomic mass is 9.77. The molecule has 1 spiro atoms. The van der Waals surface area contributed by atoms with Crippen molar-refractivity contribution in [2.75, 3.05) is 33.4 Å². The van der Waals surface area contributed by atoms with Gasteiger partial charge < -0.3 is 15.4 Å². The largest absolute Gasteiger partial charge is 0.384 e. The van der Waals surface area contributed by atoms with E-state index in [2.05, 4.69) is 0 Å². The van der Waals surface area contributed by atoms with Crippen molar-refractivity contribution in [3.63, 3.8) is 0 Å². The van der Waals surface area contributed by atoms with Crippen molar-refractivity contribution < 1.29 is 9.53 Å². The third-order valence-corrected chi connectivity index (χ3v) is 4.49. The average molecular weight is 240 g/mol. The molecule has 1 saturated heterocycles. The Morgan fingerprint density at radius 1 is 1.47 bits per heavy atom. The molecule has 1 saturated carbocycles. The lowest BCUT2D eigenvalue weighted by molar-refractivity contribution is -0.130. The molecule has 17 heavy (non-hydrogen) atoms. The standard InChI is InChI=1S/C13H24N2O2/c1-17-9-11-8-15(12(16)4-7-14)10-13(11)5-2-3-6-13/h11H,2-10,14H2,1H3/t11-/m1/s1. The summed E-state index contributed by atoms with van der Waals surface area (Å²) < 4.78 is 5.34. The Labute approximate surface area is 103 Å². The van der Waals surface area contributed by atoms with Crippen molar-refractivity contribution in [1.82, 2.24) is 4.90 Å². The molecular weight excluding hydrogens is 216 g/mol. The van der Waals surface area contributed by atoms with Gasteiger partial charge in [0.1, 0.15) is 0 Å². The second-order valence-corrected chi connectivity index (χ2v) is 5.53. The normalized spacial score (nSPS) is 26.9. The van der Waals surface area contributed by atoms with Crippen molar-refractivity contribution >= 4 is 5.91 Å². The van der Waals surface area contributed by atoms with E-state index in [9.17, 15) is 4.79 Å². The highest BCUT2D eigenvalue weighted by molar-refractivity contribution is 5.76. The third kappa shape index (κ3) is 2.47. The van der Waals surface area contributed by atoms with Crippen LogP contribution in [-0.4, -0.2) is 44.2 Å². The average Bonchev–Trinajstić information content (AvgIpc) is 2.90. The SMILES string of the molecule is COC[C@H]1CN(C(=O)CCN)CC12CCCC2. The molecule has 4 nitrogen and oxygen atoms in total. The molecule has 2 rings (SSSR count). The van der Waals surface area contributed by atoms with Crippen molar-refractivity contribution in [1.29, 1.82) is 0 Å². The van der Waals surface area contributed by atoms with E-state index in [0.29, 0.717) is 24.3 Å². The summed E-state index contributed by atoms with van der Waals surface area (Å²) in [6.45, 7) is 3.04. The van der Waals surface area contributed by atoms with E-state index >= 15 is 0 Å². The molecule has 0 aromatic rings. The summed E-state index contributed by atoms with van der Waals surface area (Å²) in [7, 11) is 1.76. The highest BCUT2D eigenvalue weighted by Gasteiger charge is 2.48. The van der Waals surface area contributed by atoms with Crippen LogP contribution in [-0.2, 0) is 9.53 Å². The van der Waals surface area contributed by atoms with Gasteiger partial charge in [-0.25, -0.2) is 0 Å². The van der Waals surface area contributed by atoms with Crippen LogP contribution in [0.5, 0.6) is 0 Å². The Bertz CT molecular complexity index is 275. The topological polar surface area (TPSA) is 55.6 Å². The van der Waals surface area contributed by atoms with Crippen molar-refractivity contribution in [3.05, 3.63) is 0 Å². The first-order valence-corrected chi connectivity index (χ1v) is 6.68. The van der Waals surface area contributed by atoms with Crippen molar-refractivity contribution in [2.45, 2.75) is 32.1 Å². The summed E-state index contributed by atoms with van der Waals surface area (Å²) in [5.41, 5.74) is 5.81. The number of hydrogen-bond donors (Lipinski definition) is 1. The molecule has 4 heteroatoms. The Kier molecular flexibility index (Phi) is 4.05. The number of carbonyl (C=O) groups is 1. The number of methoxy groups -OCH3 is 1. The maximum Gasteiger partial charge on any atom is 0.223 e. The van der Waals surface area contributed by atoms with Crippen LogP contribution in [0.2, 0.25) is 0 Å². The van der Waals surface area contributed by atoms with Crippen LogP contribution in [0, 0.1) is 11.3 Å². The molecule has 0 unspecified atom stereocenters. The molecule has 0 aromatic carbocycles. The Morgan fingerprint density at radius 2 is 2.18 bits per heavy atom. The molecule has 2 fully saturated rings. The number of nitrogens with zero attached hydrogens (tertiary/aromatic N) is 1. The first-order chi connectivity index (χ1) is 8.22. The lowest BCUT2D eigenvalue weighted by Gasteiger charge is -2.29. The minimum atomic E-state index is 0.220. The van der Waals surface area contributed by atoms with Crippen LogP contribution in [0.1, 0.15) is 32.1 Å². The maximum absolute atomic E-state index is 11.9. The predicted molar refractivity (Wildman–Crippen MR) is 66.5 cm³/mol. The van der Waals surface area contributed by atoms with Crippen LogP contribution in [0.3, 0.4) is 0 Å². The smallest absolute Gasteiger partial charge is 0.223 e. The van der Waals surface area contributed by atoms with Crippen molar-refractivity contribution in [2.24, 2.45) is 17.1 Å². The van der Waals surface area contributed by atoms with Crippen LogP contribution in [0.25, 0.3) is 0 Å². The molecule has 1 heterocycles. The second-order valence-electron chi connectivity index (χ2n) is 5.53. The lowest BCUT2D eigenvalue weighted by Crippen LogP contribution is -2.32. The number of hydrogen-bond acceptors (Lipinski definition) is 3. The number of ether oxygens (including phenoxy) is 1. The van der Waals surface area contributed by atoms with Crippen LogP contribution < -0.4 is 5.73 Å². The minimum absolute atomic E-state index is 0.220. The predicted octanol–water partition coefficient (Wildman–Crippen LogP) is 1.00. The minimum Gasteiger partial charge on any atom is -0.384 e. The number of nitrogens with two attached hydrogens (primary N) is 1. The van der Waals surface area contributed by atoms with Gasteiger partial charge in [0.05, 0.1) is 6.61 Å². The maximum atomic E-state index is 11.9. The Hall–Kier alpha value is -0.610. The fourth-order valence-electron chi connectivity index (χ4n) is 3.58. The summed E-state index contributed by atoms with van der Waals surface area (Å²) in [5, 5.41) is 0. The van der Waals surface area contributed by atoms with E-state index in [4.69, 9.17) is 10.5 Å². The van der Waals surface area contributed by atoms with E-state index in [1.165, 1.54) is 25.7 Å². The zero-order chi connectivity index (χ0) is 12.3. The molecule has 1 aliphatic carbocycles. The highest BCUT2D eigenvalue weighted by Crippen LogP contribution is 2.49. The van der Waals surface area contributed by atoms with Crippen LogP contribution in [0.15, 0.2) is 0 Å². The van der Waals surface area contributed by atoms with Gasteiger partial charge in [0, 0.05) is 39.1 Å². The van der Waals surface area contributed by atoms with Gasteiger partial charge in [0.2, 0.25) is 5.91 Å². The number of rotatable bonds is 4. The van der Waals surface area contributed by atoms with E-state index < -0.39 is 0 Å². The summed E-state index contributed by atoms with van der Waals surface area (Å²) in [5.74, 6) is 0.745. The van der Waals surface area contributed by atoms with Gasteiger partial charge in [0.15, 0.2) is 0 Å². The van der Waals surface area contributed by atoms with Crippen LogP contribution in [0.4, 0.5) is 0 Å². The summed E-state index contributed by atoms with van der Waals surface area (Å²) >= 11 is 0. The Morgan fingerprint density at radius 3 is 2.76 bits per heavy atom. The fourth-order valence-corrected chi connectivity index (χ4v) is 3.58. The van der Waals surface area contributed by atoms with E-state index in [-0.39, 0.29) is 5.91 Å².